The van der Waals surface area contributed by atoms with E-state index in [0.717, 1.165) is 24.2 Å². The number of sulfonamides is 1. The van der Waals surface area contributed by atoms with Crippen LogP contribution in [0.3, 0.4) is 0 Å². The fourth-order valence-corrected chi connectivity index (χ4v) is 3.92. The van der Waals surface area contributed by atoms with Crippen molar-refractivity contribution in [1.29, 1.82) is 0 Å². The lowest BCUT2D eigenvalue weighted by Crippen LogP contribution is -2.42. The topological polar surface area (TPSA) is 72.6 Å². The molecular weight excluding hydrogens is 276 g/mol. The molecule has 0 bridgehead atoms. The summed E-state index contributed by atoms with van der Waals surface area (Å²) >= 11 is 0. The van der Waals surface area contributed by atoms with Crippen molar-refractivity contribution in [3.63, 3.8) is 0 Å². The highest BCUT2D eigenvalue weighted by Gasteiger charge is 2.28. The molecule has 0 aliphatic carbocycles. The number of nitrogens with zero attached hydrogens (tertiary/aromatic N) is 1. The van der Waals surface area contributed by atoms with Gasteiger partial charge in [-0.1, -0.05) is 0 Å². The van der Waals surface area contributed by atoms with Gasteiger partial charge in [-0.3, -0.25) is 0 Å². The van der Waals surface area contributed by atoms with E-state index in [2.05, 4.69) is 0 Å². The van der Waals surface area contributed by atoms with Crippen LogP contribution in [0, 0.1) is 6.92 Å². The van der Waals surface area contributed by atoms with Crippen LogP contribution in [0.15, 0.2) is 23.1 Å². The second-order valence-corrected chi connectivity index (χ2v) is 7.04. The molecule has 0 atom stereocenters. The fraction of sp³-hybridized carbons (Fsp3) is 0.571. The molecule has 1 aliphatic rings. The number of hydrogen-bond acceptors (Lipinski definition) is 4. The summed E-state index contributed by atoms with van der Waals surface area (Å²) in [4.78, 5) is 0.328. The van der Waals surface area contributed by atoms with Crippen LogP contribution in [0.4, 0.5) is 0 Å². The summed E-state index contributed by atoms with van der Waals surface area (Å²) in [5.74, 6) is 0.729. The van der Waals surface area contributed by atoms with E-state index in [9.17, 15) is 8.42 Å². The van der Waals surface area contributed by atoms with E-state index in [1.54, 1.807) is 18.2 Å². The third-order valence-electron chi connectivity index (χ3n) is 3.58. The van der Waals surface area contributed by atoms with Crippen LogP contribution >= 0.6 is 0 Å². The maximum atomic E-state index is 12.6. The minimum absolute atomic E-state index is 0.114. The van der Waals surface area contributed by atoms with Crippen molar-refractivity contribution in [2.24, 2.45) is 5.73 Å². The summed E-state index contributed by atoms with van der Waals surface area (Å²) < 4.78 is 32.1. The molecule has 112 valence electrons. The predicted molar refractivity (Wildman–Crippen MR) is 78.3 cm³/mol. The molecule has 1 aliphatic heterocycles. The summed E-state index contributed by atoms with van der Waals surface area (Å²) in [6.45, 7) is 5.32. The van der Waals surface area contributed by atoms with Crippen LogP contribution in [0.25, 0.3) is 0 Å². The summed E-state index contributed by atoms with van der Waals surface area (Å²) in [6, 6.07) is 5.13. The Morgan fingerprint density at radius 2 is 2.00 bits per heavy atom. The minimum atomic E-state index is -3.42. The molecule has 6 heteroatoms. The van der Waals surface area contributed by atoms with Crippen LogP contribution in [0.2, 0.25) is 0 Å². The van der Waals surface area contributed by atoms with Gasteiger partial charge in [-0.2, -0.15) is 4.31 Å². The molecule has 5 nitrogen and oxygen atoms in total. The molecule has 2 N–H and O–H groups in total. The molecule has 1 heterocycles. The molecular formula is C14H22N2O3S. The Balaban J connectivity index is 2.23. The third-order valence-corrected chi connectivity index (χ3v) is 5.48. The Bertz CT molecular complexity index is 564. The molecule has 1 fully saturated rings. The Hall–Kier alpha value is -1.11. The quantitative estimate of drug-likeness (QED) is 0.914. The largest absolute Gasteiger partial charge is 0.494 e. The lowest BCUT2D eigenvalue weighted by molar-refractivity contribution is 0.319. The van der Waals surface area contributed by atoms with Gasteiger partial charge in [-0.05, 0) is 50.5 Å². The molecule has 0 unspecified atom stereocenters. The van der Waals surface area contributed by atoms with Crippen molar-refractivity contribution in [1.82, 2.24) is 4.31 Å². The highest BCUT2D eigenvalue weighted by molar-refractivity contribution is 7.89. The fourth-order valence-electron chi connectivity index (χ4n) is 2.36. The number of piperidine rings is 1. The van der Waals surface area contributed by atoms with Crippen LogP contribution in [-0.2, 0) is 10.0 Å². The second-order valence-electron chi connectivity index (χ2n) is 5.10. The monoisotopic (exact) mass is 298 g/mol. The predicted octanol–water partition coefficient (Wildman–Crippen LogP) is 1.51. The van der Waals surface area contributed by atoms with Crippen LogP contribution in [0.1, 0.15) is 25.3 Å². The highest BCUT2D eigenvalue weighted by atomic mass is 32.2. The molecule has 0 amide bonds. The number of aryl methyl sites for hydroxylation is 1. The van der Waals surface area contributed by atoms with Gasteiger partial charge in [0.25, 0.3) is 0 Å². The van der Waals surface area contributed by atoms with Gasteiger partial charge in [0.1, 0.15) is 5.75 Å². The van der Waals surface area contributed by atoms with Crippen molar-refractivity contribution >= 4 is 10.0 Å². The van der Waals surface area contributed by atoms with Gasteiger partial charge in [-0.15, -0.1) is 0 Å². The van der Waals surface area contributed by atoms with Gasteiger partial charge < -0.3 is 10.5 Å². The molecule has 20 heavy (non-hydrogen) atoms. The highest BCUT2D eigenvalue weighted by Crippen LogP contribution is 2.25. The van der Waals surface area contributed by atoms with Gasteiger partial charge >= 0.3 is 0 Å². The molecule has 1 saturated heterocycles. The van der Waals surface area contributed by atoms with E-state index in [0.29, 0.717) is 24.6 Å². The first-order valence-corrected chi connectivity index (χ1v) is 8.38. The van der Waals surface area contributed by atoms with E-state index in [-0.39, 0.29) is 6.04 Å². The SMILES string of the molecule is CCOc1ccc(S(=O)(=O)N2CCC(N)CC2)cc1C. The minimum Gasteiger partial charge on any atom is -0.494 e. The molecule has 2 rings (SSSR count). The summed E-state index contributed by atoms with van der Waals surface area (Å²) in [6.07, 6.45) is 1.44. The van der Waals surface area contributed by atoms with E-state index < -0.39 is 10.0 Å². The lowest BCUT2D eigenvalue weighted by Gasteiger charge is -2.29. The Labute approximate surface area is 120 Å². The third kappa shape index (κ3) is 3.13. The number of benzene rings is 1. The van der Waals surface area contributed by atoms with Gasteiger partial charge in [0.05, 0.1) is 11.5 Å². The first-order valence-electron chi connectivity index (χ1n) is 6.94. The van der Waals surface area contributed by atoms with Crippen LogP contribution in [0.5, 0.6) is 5.75 Å². The van der Waals surface area contributed by atoms with Crippen molar-refractivity contribution in [2.75, 3.05) is 19.7 Å². The standard InChI is InChI=1S/C14H22N2O3S/c1-3-19-14-5-4-13(10-11(14)2)20(17,18)16-8-6-12(15)7-9-16/h4-5,10,12H,3,6-9,15H2,1-2H3. The first-order chi connectivity index (χ1) is 9.45. The van der Waals surface area contributed by atoms with Crippen LogP contribution < -0.4 is 10.5 Å². The van der Waals surface area contributed by atoms with Gasteiger partial charge in [-0.25, -0.2) is 8.42 Å². The smallest absolute Gasteiger partial charge is 0.243 e. The van der Waals surface area contributed by atoms with Gasteiger partial charge in [0.2, 0.25) is 10.0 Å². The van der Waals surface area contributed by atoms with E-state index in [1.807, 2.05) is 13.8 Å². The second kappa shape index (κ2) is 6.11. The average molecular weight is 298 g/mol. The number of rotatable bonds is 4. The number of nitrogens with two attached hydrogens (primary N) is 1. The summed E-state index contributed by atoms with van der Waals surface area (Å²) in [5.41, 5.74) is 6.65. The zero-order valence-corrected chi connectivity index (χ0v) is 12.8. The zero-order chi connectivity index (χ0) is 14.8. The van der Waals surface area contributed by atoms with E-state index in [4.69, 9.17) is 10.5 Å². The molecule has 0 saturated carbocycles. The first kappa shape index (κ1) is 15.3. The van der Waals surface area contributed by atoms with E-state index in [1.165, 1.54) is 4.31 Å². The number of ether oxygens (including phenoxy) is 1. The van der Waals surface area contributed by atoms with Gasteiger partial charge in [0, 0.05) is 19.1 Å². The van der Waals surface area contributed by atoms with Crippen LogP contribution in [-0.4, -0.2) is 38.5 Å². The van der Waals surface area contributed by atoms with Crippen molar-refractivity contribution in [3.8, 4) is 5.75 Å². The van der Waals surface area contributed by atoms with Gasteiger partial charge in [0.15, 0.2) is 0 Å². The molecule has 1 aromatic carbocycles. The van der Waals surface area contributed by atoms with Crippen molar-refractivity contribution in [2.45, 2.75) is 37.6 Å². The molecule has 0 aromatic heterocycles. The van der Waals surface area contributed by atoms with E-state index >= 15 is 0 Å². The maximum Gasteiger partial charge on any atom is 0.243 e. The normalized spacial score (nSPS) is 18.1. The molecule has 1 aromatic rings. The molecule has 0 radical (unpaired) electrons. The van der Waals surface area contributed by atoms with Crippen molar-refractivity contribution < 1.29 is 13.2 Å². The maximum absolute atomic E-state index is 12.6. The Morgan fingerprint density at radius 1 is 1.35 bits per heavy atom. The number of hydrogen-bond donors (Lipinski definition) is 1. The lowest BCUT2D eigenvalue weighted by atomic mass is 10.1. The zero-order valence-electron chi connectivity index (χ0n) is 12.0. The molecule has 0 spiro atoms. The Morgan fingerprint density at radius 3 is 2.55 bits per heavy atom. The summed E-state index contributed by atoms with van der Waals surface area (Å²) in [7, 11) is -3.42. The average Bonchev–Trinajstić information content (AvgIpc) is 2.41. The summed E-state index contributed by atoms with van der Waals surface area (Å²) in [5, 5.41) is 0. The Kier molecular flexibility index (Phi) is 4.67. The van der Waals surface area contributed by atoms with Crippen molar-refractivity contribution in [3.05, 3.63) is 23.8 Å².